The third kappa shape index (κ3) is 3.70. The lowest BCUT2D eigenvalue weighted by molar-refractivity contribution is -0.140. The summed E-state index contributed by atoms with van der Waals surface area (Å²) in [6, 6.07) is 4.10. The Labute approximate surface area is 117 Å². The minimum absolute atomic E-state index is 0.138. The van der Waals surface area contributed by atoms with E-state index in [1.165, 1.54) is 0 Å². The molecule has 1 amide bonds. The highest BCUT2D eigenvalue weighted by molar-refractivity contribution is 6.31. The largest absolute Gasteiger partial charge is 0.480 e. The molecule has 5 heteroatoms. The van der Waals surface area contributed by atoms with E-state index in [4.69, 9.17) is 16.7 Å². The summed E-state index contributed by atoms with van der Waals surface area (Å²) in [4.78, 5) is 23.3. The second kappa shape index (κ2) is 6.57. The number of nitrogens with one attached hydrogen (secondary N) is 1. The fraction of sp³-hybridized carbons (Fsp3) is 0.429. The van der Waals surface area contributed by atoms with Crippen molar-refractivity contribution in [3.05, 3.63) is 34.3 Å². The smallest absolute Gasteiger partial charge is 0.326 e. The van der Waals surface area contributed by atoms with Crippen molar-refractivity contribution in [1.29, 1.82) is 0 Å². The summed E-state index contributed by atoms with van der Waals surface area (Å²) >= 11 is 5.95. The van der Waals surface area contributed by atoms with Gasteiger partial charge in [0.15, 0.2) is 0 Å². The SMILES string of the molecule is CCC(C)C(NC(=O)c1cccc(Cl)c1C)C(=O)O. The maximum Gasteiger partial charge on any atom is 0.326 e. The molecule has 1 rings (SSSR count). The summed E-state index contributed by atoms with van der Waals surface area (Å²) in [6.45, 7) is 5.41. The van der Waals surface area contributed by atoms with Crippen LogP contribution in [-0.4, -0.2) is 23.0 Å². The molecule has 2 unspecified atom stereocenters. The van der Waals surface area contributed by atoms with Crippen LogP contribution < -0.4 is 5.32 Å². The van der Waals surface area contributed by atoms with Gasteiger partial charge in [0.25, 0.3) is 5.91 Å². The molecule has 2 N–H and O–H groups in total. The monoisotopic (exact) mass is 283 g/mol. The minimum atomic E-state index is -1.03. The summed E-state index contributed by atoms with van der Waals surface area (Å²) in [7, 11) is 0. The van der Waals surface area contributed by atoms with Gasteiger partial charge < -0.3 is 10.4 Å². The number of hydrogen-bond acceptors (Lipinski definition) is 2. The van der Waals surface area contributed by atoms with E-state index in [9.17, 15) is 9.59 Å². The first-order valence-corrected chi connectivity index (χ1v) is 6.55. The van der Waals surface area contributed by atoms with Crippen LogP contribution in [0.3, 0.4) is 0 Å². The van der Waals surface area contributed by atoms with Crippen molar-refractivity contribution in [2.24, 2.45) is 5.92 Å². The van der Waals surface area contributed by atoms with Crippen molar-refractivity contribution in [2.75, 3.05) is 0 Å². The lowest BCUT2D eigenvalue weighted by atomic mass is 9.98. The van der Waals surface area contributed by atoms with E-state index in [0.717, 1.165) is 0 Å². The van der Waals surface area contributed by atoms with Gasteiger partial charge in [-0.25, -0.2) is 4.79 Å². The number of halogens is 1. The molecule has 104 valence electrons. The highest BCUT2D eigenvalue weighted by atomic mass is 35.5. The normalized spacial score (nSPS) is 13.7. The molecular formula is C14H18ClNO3. The molecule has 0 heterocycles. The van der Waals surface area contributed by atoms with E-state index in [1.807, 2.05) is 6.92 Å². The summed E-state index contributed by atoms with van der Waals surface area (Å²) in [5.74, 6) is -1.57. The zero-order valence-electron chi connectivity index (χ0n) is 11.2. The minimum Gasteiger partial charge on any atom is -0.480 e. The van der Waals surface area contributed by atoms with Gasteiger partial charge in [-0.1, -0.05) is 37.9 Å². The van der Waals surface area contributed by atoms with Gasteiger partial charge >= 0.3 is 5.97 Å². The van der Waals surface area contributed by atoms with Gasteiger partial charge in [-0.2, -0.15) is 0 Å². The Hall–Kier alpha value is -1.55. The van der Waals surface area contributed by atoms with Crippen LogP contribution in [0.25, 0.3) is 0 Å². The average Bonchev–Trinajstić information content (AvgIpc) is 2.37. The molecule has 0 aliphatic carbocycles. The quantitative estimate of drug-likeness (QED) is 0.873. The Bertz CT molecular complexity index is 488. The number of amides is 1. The van der Waals surface area contributed by atoms with Crippen LogP contribution >= 0.6 is 11.6 Å². The Morgan fingerprint density at radius 3 is 2.58 bits per heavy atom. The first-order chi connectivity index (χ1) is 8.88. The zero-order chi connectivity index (χ0) is 14.6. The van der Waals surface area contributed by atoms with E-state index in [-0.39, 0.29) is 5.92 Å². The molecular weight excluding hydrogens is 266 g/mol. The predicted molar refractivity (Wildman–Crippen MR) is 74.5 cm³/mol. The number of carboxylic acid groups (broad SMARTS) is 1. The first-order valence-electron chi connectivity index (χ1n) is 6.17. The van der Waals surface area contributed by atoms with Crippen LogP contribution in [0, 0.1) is 12.8 Å². The Morgan fingerprint density at radius 1 is 1.42 bits per heavy atom. The van der Waals surface area contributed by atoms with Crippen molar-refractivity contribution in [2.45, 2.75) is 33.2 Å². The van der Waals surface area contributed by atoms with Crippen molar-refractivity contribution in [3.63, 3.8) is 0 Å². The van der Waals surface area contributed by atoms with Gasteiger partial charge in [-0.15, -0.1) is 0 Å². The topological polar surface area (TPSA) is 66.4 Å². The number of rotatable bonds is 5. The summed E-state index contributed by atoms with van der Waals surface area (Å²) in [6.07, 6.45) is 0.672. The number of carbonyl (C=O) groups is 2. The summed E-state index contributed by atoms with van der Waals surface area (Å²) < 4.78 is 0. The van der Waals surface area contributed by atoms with Crippen LogP contribution in [0.1, 0.15) is 36.2 Å². The van der Waals surface area contributed by atoms with Crippen LogP contribution in [0.4, 0.5) is 0 Å². The van der Waals surface area contributed by atoms with Crippen molar-refractivity contribution in [3.8, 4) is 0 Å². The number of carboxylic acids is 1. The summed E-state index contributed by atoms with van der Waals surface area (Å²) in [5.41, 5.74) is 1.05. The second-order valence-electron chi connectivity index (χ2n) is 4.59. The highest BCUT2D eigenvalue weighted by Crippen LogP contribution is 2.19. The van der Waals surface area contributed by atoms with Gasteiger partial charge in [-0.3, -0.25) is 4.79 Å². The standard InChI is InChI=1S/C14H18ClNO3/c1-4-8(2)12(14(18)19)16-13(17)10-6-5-7-11(15)9(10)3/h5-8,12H,4H2,1-3H3,(H,16,17)(H,18,19). The van der Waals surface area contributed by atoms with Crippen LogP contribution in [-0.2, 0) is 4.79 Å². The summed E-state index contributed by atoms with van der Waals surface area (Å²) in [5, 5.41) is 12.2. The number of carbonyl (C=O) groups excluding carboxylic acids is 1. The van der Waals surface area contributed by atoms with E-state index >= 15 is 0 Å². The molecule has 0 fully saturated rings. The van der Waals surface area contributed by atoms with Crippen LogP contribution in [0.5, 0.6) is 0 Å². The van der Waals surface area contributed by atoms with E-state index in [2.05, 4.69) is 5.32 Å². The van der Waals surface area contributed by atoms with Crippen molar-refractivity contribution >= 4 is 23.5 Å². The lowest BCUT2D eigenvalue weighted by Gasteiger charge is -2.20. The lowest BCUT2D eigenvalue weighted by Crippen LogP contribution is -2.45. The molecule has 0 bridgehead atoms. The van der Waals surface area contributed by atoms with Gasteiger partial charge in [0.05, 0.1) is 0 Å². The molecule has 0 spiro atoms. The molecule has 0 saturated heterocycles. The third-order valence-electron chi connectivity index (χ3n) is 3.28. The Balaban J connectivity index is 2.94. The predicted octanol–water partition coefficient (Wildman–Crippen LogP) is 2.88. The van der Waals surface area contributed by atoms with Gasteiger partial charge in [0.1, 0.15) is 6.04 Å². The van der Waals surface area contributed by atoms with Crippen molar-refractivity contribution < 1.29 is 14.7 Å². The molecule has 0 aromatic heterocycles. The molecule has 19 heavy (non-hydrogen) atoms. The maximum absolute atomic E-state index is 12.1. The molecule has 0 aliphatic heterocycles. The van der Waals surface area contributed by atoms with Gasteiger partial charge in [0, 0.05) is 10.6 Å². The fourth-order valence-corrected chi connectivity index (χ4v) is 1.93. The number of aliphatic carboxylic acids is 1. The number of hydrogen-bond donors (Lipinski definition) is 2. The second-order valence-corrected chi connectivity index (χ2v) is 4.99. The zero-order valence-corrected chi connectivity index (χ0v) is 12.0. The molecule has 4 nitrogen and oxygen atoms in total. The van der Waals surface area contributed by atoms with E-state index < -0.39 is 17.9 Å². The van der Waals surface area contributed by atoms with E-state index in [1.54, 1.807) is 32.0 Å². The molecule has 2 atom stereocenters. The van der Waals surface area contributed by atoms with Crippen LogP contribution in [0.2, 0.25) is 5.02 Å². The molecule has 1 aromatic rings. The van der Waals surface area contributed by atoms with Crippen molar-refractivity contribution in [1.82, 2.24) is 5.32 Å². The fourth-order valence-electron chi connectivity index (χ4n) is 1.76. The van der Waals surface area contributed by atoms with Gasteiger partial charge in [-0.05, 0) is 30.5 Å². The maximum atomic E-state index is 12.1. The average molecular weight is 284 g/mol. The third-order valence-corrected chi connectivity index (χ3v) is 3.69. The highest BCUT2D eigenvalue weighted by Gasteiger charge is 2.26. The molecule has 1 aromatic carbocycles. The molecule has 0 radical (unpaired) electrons. The molecule has 0 aliphatic rings. The van der Waals surface area contributed by atoms with Crippen LogP contribution in [0.15, 0.2) is 18.2 Å². The Morgan fingerprint density at radius 2 is 2.05 bits per heavy atom. The van der Waals surface area contributed by atoms with E-state index in [0.29, 0.717) is 22.6 Å². The van der Waals surface area contributed by atoms with Gasteiger partial charge in [0.2, 0.25) is 0 Å². The molecule has 0 saturated carbocycles. The number of benzene rings is 1. The Kier molecular flexibility index (Phi) is 5.36. The first kappa shape index (κ1) is 15.5.